The van der Waals surface area contributed by atoms with Crippen LogP contribution in [0.3, 0.4) is 0 Å². The third-order valence-corrected chi connectivity index (χ3v) is 4.23. The lowest BCUT2D eigenvalue weighted by atomic mass is 10.0. The summed E-state index contributed by atoms with van der Waals surface area (Å²) in [5.41, 5.74) is 8.35. The molecule has 0 saturated heterocycles. The number of hydrogen-bond acceptors (Lipinski definition) is 6. The summed E-state index contributed by atoms with van der Waals surface area (Å²) in [4.78, 5) is 16.8. The Balaban J connectivity index is 1.81. The molecular weight excluding hydrogens is 312 g/mol. The Morgan fingerprint density at radius 3 is 2.78 bits per heavy atom. The summed E-state index contributed by atoms with van der Waals surface area (Å²) in [5.74, 6) is -0.439. The van der Waals surface area contributed by atoms with Crippen LogP contribution in [-0.4, -0.2) is 26.1 Å². The Hall–Kier alpha value is -2.93. The second kappa shape index (κ2) is 6.45. The number of rotatable bonds is 5. The second-order valence-corrected chi connectivity index (χ2v) is 5.83. The molecule has 3 rings (SSSR count). The first-order chi connectivity index (χ1) is 11.1. The van der Waals surface area contributed by atoms with Gasteiger partial charge in [-0.1, -0.05) is 12.1 Å². The van der Waals surface area contributed by atoms with Crippen LogP contribution in [0.4, 0.5) is 5.69 Å². The van der Waals surface area contributed by atoms with Crippen molar-refractivity contribution >= 4 is 28.6 Å². The second-order valence-electron chi connectivity index (χ2n) is 4.91. The van der Waals surface area contributed by atoms with Gasteiger partial charge in [0.05, 0.1) is 4.88 Å². The Kier molecular flexibility index (Phi) is 4.20. The molecule has 0 bridgehead atoms. The summed E-state index contributed by atoms with van der Waals surface area (Å²) >= 11 is 1.34. The minimum atomic E-state index is -0.271. The van der Waals surface area contributed by atoms with Gasteiger partial charge in [0.25, 0.3) is 0 Å². The summed E-state index contributed by atoms with van der Waals surface area (Å²) in [6.07, 6.45) is 3.10. The highest BCUT2D eigenvalue weighted by atomic mass is 32.1. The SMILES string of the molecule is Nc1ccc(Cc2ccsc2C(=O)C=C(O)c2nc[nH]n2)cc1. The normalized spacial score (nSPS) is 11.6. The molecule has 0 aliphatic rings. The maximum atomic E-state index is 12.4. The molecule has 0 aliphatic carbocycles. The predicted molar refractivity (Wildman–Crippen MR) is 89.3 cm³/mol. The van der Waals surface area contributed by atoms with Crippen LogP contribution < -0.4 is 5.73 Å². The number of carbonyl (C=O) groups is 1. The first-order valence-corrected chi connectivity index (χ1v) is 7.73. The molecule has 2 aromatic heterocycles. The first-order valence-electron chi connectivity index (χ1n) is 6.85. The molecular formula is C16H14N4O2S. The number of anilines is 1. The Labute approximate surface area is 136 Å². The summed E-state index contributed by atoms with van der Waals surface area (Å²) in [7, 11) is 0. The third-order valence-electron chi connectivity index (χ3n) is 3.26. The number of aromatic amines is 1. The van der Waals surface area contributed by atoms with E-state index in [0.717, 1.165) is 17.2 Å². The summed E-state index contributed by atoms with van der Waals surface area (Å²) in [5, 5.41) is 18.0. The summed E-state index contributed by atoms with van der Waals surface area (Å²) in [6, 6.07) is 9.44. The van der Waals surface area contributed by atoms with E-state index in [1.807, 2.05) is 35.7 Å². The molecule has 7 heteroatoms. The maximum absolute atomic E-state index is 12.4. The van der Waals surface area contributed by atoms with Gasteiger partial charge in [-0.05, 0) is 41.1 Å². The molecule has 0 atom stereocenters. The van der Waals surface area contributed by atoms with E-state index in [1.54, 1.807) is 0 Å². The Morgan fingerprint density at radius 2 is 2.09 bits per heavy atom. The van der Waals surface area contributed by atoms with Crippen LogP contribution in [0.2, 0.25) is 0 Å². The standard InChI is InChI=1S/C16H14N4O2S/c17-12-3-1-10(2-4-12)7-11-5-6-23-15(11)13(21)8-14(22)16-18-9-19-20-16/h1-6,8-9,22H,7,17H2,(H,18,19,20). The zero-order chi connectivity index (χ0) is 16.2. The maximum Gasteiger partial charge on any atom is 0.215 e. The average molecular weight is 326 g/mol. The molecule has 0 amide bonds. The topological polar surface area (TPSA) is 105 Å². The molecule has 3 aromatic rings. The fourth-order valence-electron chi connectivity index (χ4n) is 2.13. The third kappa shape index (κ3) is 3.46. The van der Waals surface area contributed by atoms with Crippen molar-refractivity contribution in [2.45, 2.75) is 6.42 Å². The van der Waals surface area contributed by atoms with Crippen LogP contribution in [0.1, 0.15) is 26.6 Å². The highest BCUT2D eigenvalue weighted by Gasteiger charge is 2.14. The molecule has 116 valence electrons. The van der Waals surface area contributed by atoms with E-state index in [2.05, 4.69) is 15.2 Å². The van der Waals surface area contributed by atoms with Crippen molar-refractivity contribution in [3.8, 4) is 0 Å². The van der Waals surface area contributed by atoms with Gasteiger partial charge in [-0.15, -0.1) is 11.3 Å². The van der Waals surface area contributed by atoms with Crippen LogP contribution in [0, 0.1) is 0 Å². The quantitative estimate of drug-likeness (QED) is 0.289. The minimum Gasteiger partial charge on any atom is -0.504 e. The van der Waals surface area contributed by atoms with E-state index in [1.165, 1.54) is 17.7 Å². The van der Waals surface area contributed by atoms with Crippen molar-refractivity contribution < 1.29 is 9.90 Å². The lowest BCUT2D eigenvalue weighted by molar-refractivity contribution is 0.104. The van der Waals surface area contributed by atoms with Gasteiger partial charge in [-0.3, -0.25) is 9.89 Å². The van der Waals surface area contributed by atoms with Gasteiger partial charge in [0, 0.05) is 11.8 Å². The summed E-state index contributed by atoms with van der Waals surface area (Å²) < 4.78 is 0. The van der Waals surface area contributed by atoms with E-state index in [9.17, 15) is 9.90 Å². The zero-order valence-corrected chi connectivity index (χ0v) is 12.9. The number of nitrogen functional groups attached to an aromatic ring is 1. The average Bonchev–Trinajstić information content (AvgIpc) is 3.20. The van der Waals surface area contributed by atoms with Gasteiger partial charge in [0.15, 0.2) is 11.5 Å². The first kappa shape index (κ1) is 15.0. The Bertz CT molecular complexity index is 835. The predicted octanol–water partition coefficient (Wildman–Crippen LogP) is 2.82. The number of benzene rings is 1. The molecule has 0 aliphatic heterocycles. The van der Waals surface area contributed by atoms with E-state index < -0.39 is 0 Å². The minimum absolute atomic E-state index is 0.0926. The molecule has 0 radical (unpaired) electrons. The van der Waals surface area contributed by atoms with E-state index in [-0.39, 0.29) is 17.4 Å². The lowest BCUT2D eigenvalue weighted by Crippen LogP contribution is -2.00. The largest absolute Gasteiger partial charge is 0.504 e. The number of thiophene rings is 1. The van der Waals surface area contributed by atoms with Crippen molar-refractivity contribution in [2.75, 3.05) is 5.73 Å². The van der Waals surface area contributed by atoms with Gasteiger partial charge in [-0.2, -0.15) is 5.10 Å². The van der Waals surface area contributed by atoms with E-state index >= 15 is 0 Å². The number of aliphatic hydroxyl groups is 1. The number of carbonyl (C=O) groups excluding carboxylic acids is 1. The molecule has 4 N–H and O–H groups in total. The van der Waals surface area contributed by atoms with Gasteiger partial charge >= 0.3 is 0 Å². The van der Waals surface area contributed by atoms with Gasteiger partial charge in [0.1, 0.15) is 6.33 Å². The van der Waals surface area contributed by atoms with Crippen LogP contribution in [0.15, 0.2) is 48.1 Å². The van der Waals surface area contributed by atoms with Gasteiger partial charge < -0.3 is 10.8 Å². The fraction of sp³-hybridized carbons (Fsp3) is 0.0625. The number of aliphatic hydroxyl groups excluding tert-OH is 1. The van der Waals surface area contributed by atoms with E-state index in [0.29, 0.717) is 17.0 Å². The molecule has 23 heavy (non-hydrogen) atoms. The molecule has 0 spiro atoms. The monoisotopic (exact) mass is 326 g/mol. The molecule has 0 saturated carbocycles. The molecule has 0 unspecified atom stereocenters. The van der Waals surface area contributed by atoms with Crippen LogP contribution in [-0.2, 0) is 6.42 Å². The number of H-pyrrole nitrogens is 1. The smallest absolute Gasteiger partial charge is 0.215 e. The highest BCUT2D eigenvalue weighted by Crippen LogP contribution is 2.22. The number of nitrogens with two attached hydrogens (primary N) is 1. The van der Waals surface area contributed by atoms with Crippen LogP contribution in [0.5, 0.6) is 0 Å². The van der Waals surface area contributed by atoms with Crippen LogP contribution >= 0.6 is 11.3 Å². The molecule has 1 aromatic carbocycles. The number of nitrogens with zero attached hydrogens (tertiary/aromatic N) is 2. The van der Waals surface area contributed by atoms with Gasteiger partial charge in [0.2, 0.25) is 5.82 Å². The fourth-order valence-corrected chi connectivity index (χ4v) is 2.97. The number of hydrogen-bond donors (Lipinski definition) is 3. The van der Waals surface area contributed by atoms with Crippen molar-refractivity contribution in [3.63, 3.8) is 0 Å². The zero-order valence-electron chi connectivity index (χ0n) is 12.1. The molecule has 2 heterocycles. The summed E-state index contributed by atoms with van der Waals surface area (Å²) in [6.45, 7) is 0. The van der Waals surface area contributed by atoms with Crippen molar-refractivity contribution in [2.24, 2.45) is 0 Å². The van der Waals surface area contributed by atoms with E-state index in [4.69, 9.17) is 5.73 Å². The molecule has 6 nitrogen and oxygen atoms in total. The number of allylic oxidation sites excluding steroid dienone is 1. The van der Waals surface area contributed by atoms with Gasteiger partial charge in [-0.25, -0.2) is 4.98 Å². The number of aromatic nitrogens is 3. The Morgan fingerprint density at radius 1 is 1.30 bits per heavy atom. The van der Waals surface area contributed by atoms with Crippen molar-refractivity contribution in [1.29, 1.82) is 0 Å². The highest BCUT2D eigenvalue weighted by molar-refractivity contribution is 7.12. The number of ketones is 1. The lowest BCUT2D eigenvalue weighted by Gasteiger charge is -2.03. The van der Waals surface area contributed by atoms with Crippen molar-refractivity contribution in [3.05, 3.63) is 69.9 Å². The number of nitrogens with one attached hydrogen (secondary N) is 1. The molecule has 0 fully saturated rings. The van der Waals surface area contributed by atoms with Crippen LogP contribution in [0.25, 0.3) is 5.76 Å². The van der Waals surface area contributed by atoms with Crippen molar-refractivity contribution in [1.82, 2.24) is 15.2 Å².